The topological polar surface area (TPSA) is 66.4 Å². The molecular formula is C13H24N3O3S+. The van der Waals surface area contributed by atoms with Crippen molar-refractivity contribution in [2.24, 2.45) is 0 Å². The SMILES string of the molecule is CCCCn1cc[n+](C[C@@H]2CCCCN2S(=O)(=O)O)c1. The van der Waals surface area contributed by atoms with Gasteiger partial charge >= 0.3 is 10.3 Å². The molecule has 7 heteroatoms. The van der Waals surface area contributed by atoms with E-state index in [-0.39, 0.29) is 6.04 Å². The van der Waals surface area contributed by atoms with Crippen LogP contribution >= 0.6 is 0 Å². The molecule has 1 aromatic rings. The highest BCUT2D eigenvalue weighted by Crippen LogP contribution is 2.19. The number of rotatable bonds is 6. The minimum Gasteiger partial charge on any atom is -0.273 e. The van der Waals surface area contributed by atoms with Crippen molar-refractivity contribution >= 4 is 10.3 Å². The normalized spacial score (nSPS) is 21.2. The molecule has 1 aromatic heterocycles. The molecule has 0 aromatic carbocycles. The van der Waals surface area contributed by atoms with Gasteiger partial charge in [0, 0.05) is 6.54 Å². The molecule has 1 N–H and O–H groups in total. The summed E-state index contributed by atoms with van der Waals surface area (Å²) < 4.78 is 37.4. The van der Waals surface area contributed by atoms with Crippen LogP contribution in [0.4, 0.5) is 0 Å². The predicted octanol–water partition coefficient (Wildman–Crippen LogP) is 1.23. The van der Waals surface area contributed by atoms with Gasteiger partial charge in [-0.2, -0.15) is 12.7 Å². The molecule has 0 spiro atoms. The zero-order chi connectivity index (χ0) is 14.6. The molecule has 0 bridgehead atoms. The Kier molecular flexibility index (Phi) is 5.17. The van der Waals surface area contributed by atoms with Crippen LogP contribution in [0.3, 0.4) is 0 Å². The molecule has 0 amide bonds. The second-order valence-electron chi connectivity index (χ2n) is 5.44. The molecule has 1 saturated heterocycles. The number of piperidine rings is 1. The monoisotopic (exact) mass is 302 g/mol. The van der Waals surface area contributed by atoms with Crippen molar-refractivity contribution in [3.63, 3.8) is 0 Å². The number of nitrogens with zero attached hydrogens (tertiary/aromatic N) is 3. The minimum atomic E-state index is -4.09. The number of hydrogen-bond donors (Lipinski definition) is 1. The highest BCUT2D eigenvalue weighted by atomic mass is 32.2. The molecule has 114 valence electrons. The lowest BCUT2D eigenvalue weighted by atomic mass is 10.1. The molecule has 1 aliphatic heterocycles. The van der Waals surface area contributed by atoms with E-state index < -0.39 is 10.3 Å². The van der Waals surface area contributed by atoms with Gasteiger partial charge in [-0.3, -0.25) is 4.55 Å². The van der Waals surface area contributed by atoms with Gasteiger partial charge in [0.05, 0.1) is 12.6 Å². The Hall–Kier alpha value is -0.920. The Labute approximate surface area is 120 Å². The van der Waals surface area contributed by atoms with E-state index in [9.17, 15) is 13.0 Å². The fraction of sp³-hybridized carbons (Fsp3) is 0.769. The molecule has 1 fully saturated rings. The summed E-state index contributed by atoms with van der Waals surface area (Å²) in [6.07, 6.45) is 10.9. The first-order valence-electron chi connectivity index (χ1n) is 7.30. The van der Waals surface area contributed by atoms with E-state index >= 15 is 0 Å². The lowest BCUT2D eigenvalue weighted by Crippen LogP contribution is -2.51. The van der Waals surface area contributed by atoms with Gasteiger partial charge in [0.15, 0.2) is 0 Å². The molecule has 0 saturated carbocycles. The first-order chi connectivity index (χ1) is 9.50. The molecule has 20 heavy (non-hydrogen) atoms. The molecule has 1 aliphatic rings. The molecular weight excluding hydrogens is 278 g/mol. The van der Waals surface area contributed by atoms with Crippen LogP contribution in [-0.2, 0) is 23.4 Å². The summed E-state index contributed by atoms with van der Waals surface area (Å²) >= 11 is 0. The van der Waals surface area contributed by atoms with Crippen LogP contribution in [-0.4, -0.2) is 34.4 Å². The molecule has 0 unspecified atom stereocenters. The van der Waals surface area contributed by atoms with Crippen molar-refractivity contribution in [3.05, 3.63) is 18.7 Å². The molecule has 2 rings (SSSR count). The Morgan fingerprint density at radius 1 is 1.40 bits per heavy atom. The van der Waals surface area contributed by atoms with Crippen molar-refractivity contribution in [2.45, 2.75) is 58.2 Å². The highest BCUT2D eigenvalue weighted by molar-refractivity contribution is 7.83. The van der Waals surface area contributed by atoms with Crippen molar-refractivity contribution in [2.75, 3.05) is 6.54 Å². The quantitative estimate of drug-likeness (QED) is 0.635. The van der Waals surface area contributed by atoms with Crippen LogP contribution in [0.5, 0.6) is 0 Å². The predicted molar refractivity (Wildman–Crippen MR) is 75.4 cm³/mol. The largest absolute Gasteiger partial charge is 0.336 e. The lowest BCUT2D eigenvalue weighted by molar-refractivity contribution is -0.700. The molecule has 0 aliphatic carbocycles. The van der Waals surface area contributed by atoms with Crippen LogP contribution in [0.15, 0.2) is 18.7 Å². The van der Waals surface area contributed by atoms with Crippen molar-refractivity contribution in [3.8, 4) is 0 Å². The van der Waals surface area contributed by atoms with Gasteiger partial charge in [-0.25, -0.2) is 9.13 Å². The van der Waals surface area contributed by atoms with Gasteiger partial charge in [0.2, 0.25) is 6.33 Å². The van der Waals surface area contributed by atoms with E-state index in [1.165, 1.54) is 4.31 Å². The van der Waals surface area contributed by atoms with E-state index in [4.69, 9.17) is 0 Å². The maximum absolute atomic E-state index is 11.4. The van der Waals surface area contributed by atoms with E-state index in [1.54, 1.807) is 0 Å². The van der Waals surface area contributed by atoms with Gasteiger partial charge in [-0.1, -0.05) is 19.8 Å². The van der Waals surface area contributed by atoms with E-state index in [1.807, 2.05) is 23.3 Å². The summed E-state index contributed by atoms with van der Waals surface area (Å²) in [6, 6.07) is -0.147. The maximum atomic E-state index is 11.4. The minimum absolute atomic E-state index is 0.147. The number of imidazole rings is 1. The maximum Gasteiger partial charge on any atom is 0.336 e. The third kappa shape index (κ3) is 4.04. The van der Waals surface area contributed by atoms with Crippen LogP contribution < -0.4 is 4.57 Å². The van der Waals surface area contributed by atoms with Gasteiger partial charge in [0.25, 0.3) is 0 Å². The number of unbranched alkanes of at least 4 members (excludes halogenated alkanes) is 1. The Bertz CT molecular complexity index is 527. The van der Waals surface area contributed by atoms with Gasteiger partial charge in [0.1, 0.15) is 18.9 Å². The molecule has 1 atom stereocenters. The average molecular weight is 302 g/mol. The standard InChI is InChI=1S/C13H23N3O3S/c1-2-3-7-14-9-10-15(12-14)11-13-6-4-5-8-16(13)20(17,18)19/h9-10,12-13H,2-8,11H2,1H3/p+1/t13-/m0/s1. The third-order valence-corrected chi connectivity index (χ3v) is 4.88. The summed E-state index contributed by atoms with van der Waals surface area (Å²) in [7, 11) is -4.09. The second-order valence-corrected chi connectivity index (χ2v) is 6.80. The zero-order valence-electron chi connectivity index (χ0n) is 12.0. The average Bonchev–Trinajstić information content (AvgIpc) is 2.83. The van der Waals surface area contributed by atoms with Gasteiger partial charge in [-0.15, -0.1) is 0 Å². The number of aryl methyl sites for hydroxylation is 1. The Morgan fingerprint density at radius 3 is 2.90 bits per heavy atom. The smallest absolute Gasteiger partial charge is 0.273 e. The first kappa shape index (κ1) is 15.5. The number of hydrogen-bond acceptors (Lipinski definition) is 2. The molecule has 0 radical (unpaired) electrons. The second kappa shape index (κ2) is 6.69. The summed E-state index contributed by atoms with van der Waals surface area (Å²) in [6.45, 7) is 4.15. The van der Waals surface area contributed by atoms with Crippen LogP contribution in [0.2, 0.25) is 0 Å². The van der Waals surface area contributed by atoms with E-state index in [0.717, 1.165) is 38.6 Å². The third-order valence-electron chi connectivity index (χ3n) is 3.81. The summed E-state index contributed by atoms with van der Waals surface area (Å²) in [5.74, 6) is 0. The Morgan fingerprint density at radius 2 is 2.20 bits per heavy atom. The Balaban J connectivity index is 2.01. The van der Waals surface area contributed by atoms with E-state index in [0.29, 0.717) is 13.1 Å². The lowest BCUT2D eigenvalue weighted by Gasteiger charge is -2.31. The van der Waals surface area contributed by atoms with Crippen molar-refractivity contribution in [1.29, 1.82) is 0 Å². The van der Waals surface area contributed by atoms with Crippen LogP contribution in [0, 0.1) is 0 Å². The highest BCUT2D eigenvalue weighted by Gasteiger charge is 2.32. The number of aromatic nitrogens is 2. The fourth-order valence-electron chi connectivity index (χ4n) is 2.72. The summed E-state index contributed by atoms with van der Waals surface area (Å²) in [5.41, 5.74) is 0. The fourth-order valence-corrected chi connectivity index (χ4v) is 3.63. The van der Waals surface area contributed by atoms with Crippen molar-refractivity contribution in [1.82, 2.24) is 8.87 Å². The summed E-state index contributed by atoms with van der Waals surface area (Å²) in [4.78, 5) is 0. The first-order valence-corrected chi connectivity index (χ1v) is 8.69. The van der Waals surface area contributed by atoms with Gasteiger partial charge < -0.3 is 0 Å². The van der Waals surface area contributed by atoms with Crippen molar-refractivity contribution < 1.29 is 17.5 Å². The van der Waals surface area contributed by atoms with E-state index in [2.05, 4.69) is 11.5 Å². The van der Waals surface area contributed by atoms with Crippen LogP contribution in [0.25, 0.3) is 0 Å². The van der Waals surface area contributed by atoms with Gasteiger partial charge in [-0.05, 0) is 19.3 Å². The summed E-state index contributed by atoms with van der Waals surface area (Å²) in [5, 5.41) is 0. The van der Waals surface area contributed by atoms with Crippen LogP contribution in [0.1, 0.15) is 39.0 Å². The zero-order valence-corrected chi connectivity index (χ0v) is 12.8. The molecule has 2 heterocycles. The molecule has 6 nitrogen and oxygen atoms in total.